The monoisotopic (exact) mass is 307 g/mol. The van der Waals surface area contributed by atoms with E-state index in [2.05, 4.69) is 55.2 Å². The number of nitrogens with zero attached hydrogens (tertiary/aromatic N) is 2. The van der Waals surface area contributed by atoms with Crippen LogP contribution in [0.15, 0.2) is 41.1 Å². The van der Waals surface area contributed by atoms with E-state index < -0.39 is 0 Å². The fraction of sp³-hybridized carbons (Fsp3) is 0.357. The molecule has 0 amide bonds. The molecule has 96 valence electrons. The molecule has 0 spiro atoms. The Kier molecular flexibility index (Phi) is 4.96. The maximum atomic E-state index is 4.45. The molecular formula is C14H18BrN3. The highest BCUT2D eigenvalue weighted by Gasteiger charge is 2.04. The molecule has 3 nitrogen and oxygen atoms in total. The van der Waals surface area contributed by atoms with Crippen molar-refractivity contribution in [3.05, 3.63) is 52.5 Å². The third-order valence-electron chi connectivity index (χ3n) is 2.88. The van der Waals surface area contributed by atoms with Gasteiger partial charge in [-0.05, 0) is 37.7 Å². The predicted octanol–water partition coefficient (Wildman–Crippen LogP) is 2.85. The van der Waals surface area contributed by atoms with Crippen molar-refractivity contribution in [1.82, 2.24) is 14.9 Å². The summed E-state index contributed by atoms with van der Waals surface area (Å²) >= 11 is 3.50. The first kappa shape index (κ1) is 13.3. The zero-order valence-electron chi connectivity index (χ0n) is 10.6. The van der Waals surface area contributed by atoms with Crippen LogP contribution in [0, 0.1) is 0 Å². The Morgan fingerprint density at radius 3 is 3.06 bits per heavy atom. The smallest absolute Gasteiger partial charge is 0.113 e. The Morgan fingerprint density at radius 2 is 2.28 bits per heavy atom. The van der Waals surface area contributed by atoms with Crippen LogP contribution in [0.3, 0.4) is 0 Å². The summed E-state index contributed by atoms with van der Waals surface area (Å²) in [5.74, 6) is 1.13. The van der Waals surface area contributed by atoms with E-state index in [0.29, 0.717) is 0 Å². The van der Waals surface area contributed by atoms with Gasteiger partial charge in [0.2, 0.25) is 0 Å². The van der Waals surface area contributed by atoms with E-state index in [-0.39, 0.29) is 0 Å². The van der Waals surface area contributed by atoms with E-state index >= 15 is 0 Å². The van der Waals surface area contributed by atoms with E-state index in [1.54, 1.807) is 0 Å². The van der Waals surface area contributed by atoms with E-state index in [0.717, 1.165) is 36.2 Å². The van der Waals surface area contributed by atoms with Gasteiger partial charge >= 0.3 is 0 Å². The van der Waals surface area contributed by atoms with Crippen LogP contribution >= 0.6 is 15.9 Å². The minimum absolute atomic E-state index is 0.881. The number of aromatic nitrogens is 2. The zero-order valence-corrected chi connectivity index (χ0v) is 12.2. The quantitative estimate of drug-likeness (QED) is 0.832. The fourth-order valence-corrected chi connectivity index (χ4v) is 2.41. The molecule has 0 saturated heterocycles. The molecule has 2 rings (SSSR count). The Bertz CT molecular complexity index is 493. The highest BCUT2D eigenvalue weighted by atomic mass is 79.9. The van der Waals surface area contributed by atoms with Gasteiger partial charge in [0.1, 0.15) is 5.82 Å². The van der Waals surface area contributed by atoms with Crippen LogP contribution < -0.4 is 5.32 Å². The lowest BCUT2D eigenvalue weighted by Gasteiger charge is -2.08. The first-order chi connectivity index (χ1) is 8.79. The maximum Gasteiger partial charge on any atom is 0.113 e. The molecular weight excluding hydrogens is 290 g/mol. The second-order valence-corrected chi connectivity index (χ2v) is 5.22. The van der Waals surface area contributed by atoms with Crippen molar-refractivity contribution in [3.63, 3.8) is 0 Å². The van der Waals surface area contributed by atoms with Crippen molar-refractivity contribution in [2.45, 2.75) is 19.4 Å². The summed E-state index contributed by atoms with van der Waals surface area (Å²) < 4.78 is 3.35. The molecule has 0 aliphatic rings. The van der Waals surface area contributed by atoms with Crippen LogP contribution in [0.5, 0.6) is 0 Å². The molecule has 1 aromatic carbocycles. The van der Waals surface area contributed by atoms with E-state index in [1.807, 2.05) is 19.3 Å². The first-order valence-corrected chi connectivity index (χ1v) is 6.98. The minimum atomic E-state index is 0.881. The van der Waals surface area contributed by atoms with Gasteiger partial charge in [0.15, 0.2) is 0 Å². The highest BCUT2D eigenvalue weighted by Crippen LogP contribution is 2.14. The number of benzene rings is 1. The van der Waals surface area contributed by atoms with Crippen molar-refractivity contribution >= 4 is 15.9 Å². The van der Waals surface area contributed by atoms with Gasteiger partial charge in [0.25, 0.3) is 0 Å². The van der Waals surface area contributed by atoms with Gasteiger partial charge in [-0.3, -0.25) is 0 Å². The summed E-state index contributed by atoms with van der Waals surface area (Å²) in [6.45, 7) is 2.05. The van der Waals surface area contributed by atoms with Gasteiger partial charge in [0.05, 0.1) is 0 Å². The molecule has 0 radical (unpaired) electrons. The molecule has 0 fully saturated rings. The molecule has 0 saturated carbocycles. The molecule has 1 N–H and O–H groups in total. The molecule has 0 aliphatic heterocycles. The third kappa shape index (κ3) is 3.68. The number of aryl methyl sites for hydroxylation is 1. The van der Waals surface area contributed by atoms with Gasteiger partial charge in [-0.15, -0.1) is 0 Å². The van der Waals surface area contributed by atoms with Gasteiger partial charge in [-0.1, -0.05) is 28.1 Å². The summed E-state index contributed by atoms with van der Waals surface area (Å²) in [7, 11) is 1.98. The SMILES string of the molecule is CNCCCn1ccnc1Cc1cccc(Br)c1. The Labute approximate surface area is 116 Å². The fourth-order valence-electron chi connectivity index (χ4n) is 1.97. The van der Waals surface area contributed by atoms with Gasteiger partial charge in [0, 0.05) is 29.8 Å². The van der Waals surface area contributed by atoms with Crippen LogP contribution in [-0.4, -0.2) is 23.1 Å². The number of rotatable bonds is 6. The molecule has 18 heavy (non-hydrogen) atoms. The topological polar surface area (TPSA) is 29.9 Å². The standard InChI is InChI=1S/C14H18BrN3/c1-16-6-3-8-18-9-7-17-14(18)11-12-4-2-5-13(15)10-12/h2,4-5,7,9-10,16H,3,6,8,11H2,1H3. The van der Waals surface area contributed by atoms with Crippen molar-refractivity contribution in [2.24, 2.45) is 0 Å². The Balaban J connectivity index is 2.03. The lowest BCUT2D eigenvalue weighted by atomic mass is 10.1. The summed E-state index contributed by atoms with van der Waals surface area (Å²) in [6, 6.07) is 8.39. The van der Waals surface area contributed by atoms with Gasteiger partial charge < -0.3 is 9.88 Å². The van der Waals surface area contributed by atoms with Crippen LogP contribution in [0.4, 0.5) is 0 Å². The number of nitrogens with one attached hydrogen (secondary N) is 1. The predicted molar refractivity (Wildman–Crippen MR) is 77.7 cm³/mol. The molecule has 0 aliphatic carbocycles. The van der Waals surface area contributed by atoms with Crippen molar-refractivity contribution in [3.8, 4) is 0 Å². The Hall–Kier alpha value is -1.13. The molecule has 1 heterocycles. The highest BCUT2D eigenvalue weighted by molar-refractivity contribution is 9.10. The number of imidazole rings is 1. The lowest BCUT2D eigenvalue weighted by Crippen LogP contribution is -2.12. The molecule has 0 unspecified atom stereocenters. The minimum Gasteiger partial charge on any atom is -0.335 e. The second kappa shape index (κ2) is 6.71. The normalized spacial score (nSPS) is 10.8. The molecule has 2 aromatic rings. The summed E-state index contributed by atoms with van der Waals surface area (Å²) in [5.41, 5.74) is 1.28. The Morgan fingerprint density at radius 1 is 1.39 bits per heavy atom. The maximum absolute atomic E-state index is 4.45. The van der Waals surface area contributed by atoms with Crippen LogP contribution in [0.25, 0.3) is 0 Å². The van der Waals surface area contributed by atoms with Gasteiger partial charge in [-0.2, -0.15) is 0 Å². The molecule has 4 heteroatoms. The third-order valence-corrected chi connectivity index (χ3v) is 3.37. The summed E-state index contributed by atoms with van der Waals surface area (Å²) in [4.78, 5) is 4.45. The van der Waals surface area contributed by atoms with Crippen molar-refractivity contribution < 1.29 is 0 Å². The second-order valence-electron chi connectivity index (χ2n) is 4.30. The van der Waals surface area contributed by atoms with E-state index in [9.17, 15) is 0 Å². The lowest BCUT2D eigenvalue weighted by molar-refractivity contribution is 0.594. The van der Waals surface area contributed by atoms with Crippen molar-refractivity contribution in [2.75, 3.05) is 13.6 Å². The first-order valence-electron chi connectivity index (χ1n) is 6.18. The van der Waals surface area contributed by atoms with Crippen LogP contribution in [0.2, 0.25) is 0 Å². The summed E-state index contributed by atoms with van der Waals surface area (Å²) in [5, 5.41) is 3.17. The van der Waals surface area contributed by atoms with Gasteiger partial charge in [-0.25, -0.2) is 4.98 Å². The number of hydrogen-bond donors (Lipinski definition) is 1. The average molecular weight is 308 g/mol. The van der Waals surface area contributed by atoms with E-state index in [4.69, 9.17) is 0 Å². The largest absolute Gasteiger partial charge is 0.335 e. The molecule has 1 aromatic heterocycles. The average Bonchev–Trinajstić information content (AvgIpc) is 2.77. The van der Waals surface area contributed by atoms with E-state index in [1.165, 1.54) is 5.56 Å². The van der Waals surface area contributed by atoms with Crippen LogP contribution in [-0.2, 0) is 13.0 Å². The molecule has 0 bridgehead atoms. The zero-order chi connectivity index (χ0) is 12.8. The van der Waals surface area contributed by atoms with Crippen molar-refractivity contribution in [1.29, 1.82) is 0 Å². The van der Waals surface area contributed by atoms with Crippen LogP contribution in [0.1, 0.15) is 17.8 Å². The number of hydrogen-bond acceptors (Lipinski definition) is 2. The number of halogens is 1. The summed E-state index contributed by atoms with van der Waals surface area (Å²) in [6.07, 6.45) is 5.94. The molecule has 0 atom stereocenters.